The molecule has 3 heterocycles. The number of fused-ring (bicyclic) bond motifs is 3. The van der Waals surface area contributed by atoms with Crippen molar-refractivity contribution < 1.29 is 9.53 Å². The minimum atomic E-state index is 0.197. The molecule has 0 aromatic carbocycles. The zero-order chi connectivity index (χ0) is 7.84. The molecule has 1 amide bonds. The summed E-state index contributed by atoms with van der Waals surface area (Å²) < 4.78 is 5.46. The standard InChI is InChI=1S/C8H13NO2/c1-6(10)9-4-8-3-2-7(9)5-11-8/h7-8H,2-5H2,1H3. The fourth-order valence-corrected chi connectivity index (χ4v) is 1.94. The van der Waals surface area contributed by atoms with Crippen molar-refractivity contribution in [2.45, 2.75) is 31.9 Å². The quantitative estimate of drug-likeness (QED) is 0.506. The van der Waals surface area contributed by atoms with E-state index < -0.39 is 0 Å². The monoisotopic (exact) mass is 155 g/mol. The largest absolute Gasteiger partial charge is 0.374 e. The van der Waals surface area contributed by atoms with Crippen molar-refractivity contribution >= 4 is 5.91 Å². The molecule has 0 N–H and O–H groups in total. The van der Waals surface area contributed by atoms with Crippen molar-refractivity contribution in [3.63, 3.8) is 0 Å². The summed E-state index contributed by atoms with van der Waals surface area (Å²) in [6.07, 6.45) is 2.59. The van der Waals surface area contributed by atoms with Gasteiger partial charge in [-0.25, -0.2) is 0 Å². The van der Waals surface area contributed by atoms with Gasteiger partial charge in [0.2, 0.25) is 5.91 Å². The molecular formula is C8H13NO2. The number of nitrogens with zero attached hydrogens (tertiary/aromatic N) is 1. The molecule has 2 atom stereocenters. The van der Waals surface area contributed by atoms with Crippen LogP contribution in [-0.4, -0.2) is 36.1 Å². The average molecular weight is 155 g/mol. The van der Waals surface area contributed by atoms with Crippen LogP contribution in [0.15, 0.2) is 0 Å². The highest BCUT2D eigenvalue weighted by Gasteiger charge is 2.35. The number of morpholine rings is 1. The Kier molecular flexibility index (Phi) is 1.60. The molecule has 3 heteroatoms. The second-order valence-electron chi connectivity index (χ2n) is 3.36. The van der Waals surface area contributed by atoms with E-state index in [1.165, 1.54) is 0 Å². The van der Waals surface area contributed by atoms with E-state index in [1.54, 1.807) is 6.92 Å². The fraction of sp³-hybridized carbons (Fsp3) is 0.875. The van der Waals surface area contributed by atoms with Gasteiger partial charge >= 0.3 is 0 Å². The Morgan fingerprint density at radius 3 is 2.64 bits per heavy atom. The lowest BCUT2D eigenvalue weighted by Crippen LogP contribution is -2.55. The summed E-state index contributed by atoms with van der Waals surface area (Å²) >= 11 is 0. The zero-order valence-electron chi connectivity index (χ0n) is 6.75. The highest BCUT2D eigenvalue weighted by molar-refractivity contribution is 5.73. The second kappa shape index (κ2) is 2.48. The molecule has 0 aliphatic carbocycles. The number of hydrogen-bond acceptors (Lipinski definition) is 2. The van der Waals surface area contributed by atoms with E-state index in [9.17, 15) is 4.79 Å². The van der Waals surface area contributed by atoms with E-state index in [1.807, 2.05) is 4.90 Å². The predicted molar refractivity (Wildman–Crippen MR) is 40.1 cm³/mol. The van der Waals surface area contributed by atoms with Crippen LogP contribution < -0.4 is 0 Å². The molecule has 3 aliphatic heterocycles. The van der Waals surface area contributed by atoms with Gasteiger partial charge in [-0.1, -0.05) is 0 Å². The van der Waals surface area contributed by atoms with E-state index in [0.717, 1.165) is 26.0 Å². The van der Waals surface area contributed by atoms with Gasteiger partial charge in [-0.15, -0.1) is 0 Å². The van der Waals surface area contributed by atoms with Gasteiger partial charge in [-0.2, -0.15) is 0 Å². The molecule has 0 saturated carbocycles. The molecule has 3 saturated heterocycles. The Morgan fingerprint density at radius 2 is 2.36 bits per heavy atom. The van der Waals surface area contributed by atoms with Gasteiger partial charge < -0.3 is 9.64 Å². The van der Waals surface area contributed by atoms with E-state index in [4.69, 9.17) is 4.74 Å². The maximum Gasteiger partial charge on any atom is 0.219 e. The summed E-state index contributed by atoms with van der Waals surface area (Å²) in [6, 6.07) is 0.373. The lowest BCUT2D eigenvalue weighted by Gasteiger charge is -2.44. The van der Waals surface area contributed by atoms with Crippen LogP contribution in [0.5, 0.6) is 0 Å². The van der Waals surface area contributed by atoms with Crippen LogP contribution in [0.25, 0.3) is 0 Å². The number of carbonyl (C=O) groups excluding carboxylic acids is 1. The summed E-state index contributed by atoms with van der Waals surface area (Å²) in [4.78, 5) is 13.0. The van der Waals surface area contributed by atoms with Gasteiger partial charge in [0.05, 0.1) is 18.8 Å². The van der Waals surface area contributed by atoms with E-state index >= 15 is 0 Å². The van der Waals surface area contributed by atoms with Crippen molar-refractivity contribution in [2.24, 2.45) is 0 Å². The first-order chi connectivity index (χ1) is 5.27. The molecule has 0 radical (unpaired) electrons. The number of amides is 1. The molecular weight excluding hydrogens is 142 g/mol. The summed E-state index contributed by atoms with van der Waals surface area (Å²) in [5.41, 5.74) is 0. The molecule has 3 aliphatic rings. The molecule has 3 nitrogen and oxygen atoms in total. The molecule has 0 aromatic heterocycles. The molecule has 2 unspecified atom stereocenters. The van der Waals surface area contributed by atoms with Gasteiger partial charge in [0, 0.05) is 13.5 Å². The first kappa shape index (κ1) is 7.10. The van der Waals surface area contributed by atoms with Crippen molar-refractivity contribution in [1.82, 2.24) is 4.90 Å². The SMILES string of the molecule is CC(=O)N1CC2CCC1CO2. The maximum atomic E-state index is 11.1. The molecule has 0 aromatic rings. The summed E-state index contributed by atoms with van der Waals surface area (Å²) in [7, 11) is 0. The van der Waals surface area contributed by atoms with Gasteiger partial charge in [-0.3, -0.25) is 4.79 Å². The van der Waals surface area contributed by atoms with Crippen LogP contribution in [-0.2, 0) is 9.53 Å². The van der Waals surface area contributed by atoms with Crippen LogP contribution in [0.2, 0.25) is 0 Å². The van der Waals surface area contributed by atoms with Crippen molar-refractivity contribution in [3.05, 3.63) is 0 Å². The Bertz CT molecular complexity index is 173. The highest BCUT2D eigenvalue weighted by atomic mass is 16.5. The molecule has 62 valence electrons. The summed E-state index contributed by atoms with van der Waals surface area (Å²) in [5.74, 6) is 0.197. The van der Waals surface area contributed by atoms with Crippen LogP contribution in [0, 0.1) is 0 Å². The fourth-order valence-electron chi connectivity index (χ4n) is 1.94. The Balaban J connectivity index is 2.08. The Labute approximate surface area is 66.3 Å². The van der Waals surface area contributed by atoms with Gasteiger partial charge in [-0.05, 0) is 12.8 Å². The number of ether oxygens (including phenoxy) is 1. The number of hydrogen-bond donors (Lipinski definition) is 0. The lowest BCUT2D eigenvalue weighted by atomic mass is 9.97. The number of carbonyl (C=O) groups is 1. The Morgan fingerprint density at radius 1 is 1.55 bits per heavy atom. The second-order valence-corrected chi connectivity index (χ2v) is 3.36. The number of piperidine rings is 1. The van der Waals surface area contributed by atoms with E-state index in [0.29, 0.717) is 12.1 Å². The number of rotatable bonds is 0. The van der Waals surface area contributed by atoms with E-state index in [-0.39, 0.29) is 5.91 Å². The summed E-state index contributed by atoms with van der Waals surface area (Å²) in [6.45, 7) is 3.21. The first-order valence-corrected chi connectivity index (χ1v) is 4.16. The molecule has 3 rings (SSSR count). The smallest absolute Gasteiger partial charge is 0.219 e. The normalized spacial score (nSPS) is 35.9. The molecule has 11 heavy (non-hydrogen) atoms. The van der Waals surface area contributed by atoms with Crippen LogP contribution in [0.3, 0.4) is 0 Å². The van der Waals surface area contributed by atoms with Crippen molar-refractivity contribution in [1.29, 1.82) is 0 Å². The maximum absolute atomic E-state index is 11.1. The first-order valence-electron chi connectivity index (χ1n) is 4.16. The van der Waals surface area contributed by atoms with Crippen LogP contribution in [0.4, 0.5) is 0 Å². The predicted octanol–water partition coefficient (Wildman–Crippen LogP) is 0.396. The molecule has 3 fully saturated rings. The van der Waals surface area contributed by atoms with Gasteiger partial charge in [0.1, 0.15) is 0 Å². The highest BCUT2D eigenvalue weighted by Crippen LogP contribution is 2.25. The van der Waals surface area contributed by atoms with Gasteiger partial charge in [0.25, 0.3) is 0 Å². The third-order valence-corrected chi connectivity index (χ3v) is 2.59. The molecule has 0 spiro atoms. The summed E-state index contributed by atoms with van der Waals surface area (Å²) in [5, 5.41) is 0. The van der Waals surface area contributed by atoms with Crippen LogP contribution in [0.1, 0.15) is 19.8 Å². The zero-order valence-corrected chi connectivity index (χ0v) is 6.75. The van der Waals surface area contributed by atoms with E-state index in [2.05, 4.69) is 0 Å². The lowest BCUT2D eigenvalue weighted by molar-refractivity contribution is -0.152. The third kappa shape index (κ3) is 1.13. The van der Waals surface area contributed by atoms with Crippen LogP contribution >= 0.6 is 0 Å². The van der Waals surface area contributed by atoms with Crippen molar-refractivity contribution in [2.75, 3.05) is 13.2 Å². The Hall–Kier alpha value is -0.570. The third-order valence-electron chi connectivity index (χ3n) is 2.59. The minimum Gasteiger partial charge on any atom is -0.374 e. The average Bonchev–Trinajstić information content (AvgIpc) is 2.06. The van der Waals surface area contributed by atoms with Gasteiger partial charge in [0.15, 0.2) is 0 Å². The molecule has 2 bridgehead atoms. The van der Waals surface area contributed by atoms with Crippen molar-refractivity contribution in [3.8, 4) is 0 Å². The topological polar surface area (TPSA) is 29.5 Å². The minimum absolute atomic E-state index is 0.197.